The number of pyridine rings is 1. The number of aromatic nitrogens is 1. The largest absolute Gasteiger partial charge is 0.495 e. The topological polar surface area (TPSA) is 51.6 Å². The first-order chi connectivity index (χ1) is 8.15. The van der Waals surface area contributed by atoms with E-state index in [9.17, 15) is 13.9 Å². The molecule has 1 unspecified atom stereocenters. The van der Waals surface area contributed by atoms with Crippen LogP contribution in [0.2, 0.25) is 0 Å². The summed E-state index contributed by atoms with van der Waals surface area (Å²) in [7, 11) is 1.47. The molecule has 6 heteroatoms. The van der Waals surface area contributed by atoms with Crippen molar-refractivity contribution in [2.24, 2.45) is 0 Å². The van der Waals surface area contributed by atoms with Gasteiger partial charge in [0, 0.05) is 19.2 Å². The molecule has 1 N–H and O–H groups in total. The molecule has 17 heavy (non-hydrogen) atoms. The Morgan fingerprint density at radius 1 is 1.47 bits per heavy atom. The van der Waals surface area contributed by atoms with Crippen LogP contribution < -0.4 is 4.74 Å². The highest BCUT2D eigenvalue weighted by Gasteiger charge is 2.14. The van der Waals surface area contributed by atoms with Crippen molar-refractivity contribution in [3.8, 4) is 5.75 Å². The molecule has 4 nitrogen and oxygen atoms in total. The van der Waals surface area contributed by atoms with E-state index < -0.39 is 19.1 Å². The summed E-state index contributed by atoms with van der Waals surface area (Å²) in [4.78, 5) is 3.98. The maximum absolute atomic E-state index is 11.8. The van der Waals surface area contributed by atoms with Crippen molar-refractivity contribution in [3.05, 3.63) is 24.0 Å². The van der Waals surface area contributed by atoms with Gasteiger partial charge in [-0.1, -0.05) is 0 Å². The van der Waals surface area contributed by atoms with Crippen molar-refractivity contribution in [2.45, 2.75) is 19.0 Å². The van der Waals surface area contributed by atoms with E-state index >= 15 is 0 Å². The molecule has 0 saturated heterocycles. The molecule has 0 aliphatic carbocycles. The molecule has 0 aromatic carbocycles. The van der Waals surface area contributed by atoms with Crippen molar-refractivity contribution < 1.29 is 23.4 Å². The number of hydrogen-bond acceptors (Lipinski definition) is 4. The van der Waals surface area contributed by atoms with Gasteiger partial charge < -0.3 is 14.6 Å². The van der Waals surface area contributed by atoms with E-state index in [1.54, 1.807) is 12.1 Å². The van der Waals surface area contributed by atoms with Crippen molar-refractivity contribution >= 4 is 0 Å². The van der Waals surface area contributed by atoms with E-state index in [1.165, 1.54) is 13.3 Å². The monoisotopic (exact) mass is 247 g/mol. The first-order valence-electron chi connectivity index (χ1n) is 5.18. The van der Waals surface area contributed by atoms with Gasteiger partial charge in [-0.3, -0.25) is 4.98 Å². The summed E-state index contributed by atoms with van der Waals surface area (Å²) in [6, 6.07) is 3.36. The highest BCUT2D eigenvalue weighted by atomic mass is 19.3. The van der Waals surface area contributed by atoms with Crippen molar-refractivity contribution in [2.75, 3.05) is 20.3 Å². The van der Waals surface area contributed by atoms with Crippen molar-refractivity contribution in [1.29, 1.82) is 0 Å². The van der Waals surface area contributed by atoms with Gasteiger partial charge in [-0.15, -0.1) is 0 Å². The second-order valence-corrected chi connectivity index (χ2v) is 3.36. The third-order valence-electron chi connectivity index (χ3n) is 2.11. The average Bonchev–Trinajstić information content (AvgIpc) is 2.34. The lowest BCUT2D eigenvalue weighted by Crippen LogP contribution is -2.10. The van der Waals surface area contributed by atoms with Crippen LogP contribution in [0.1, 0.15) is 18.2 Å². The van der Waals surface area contributed by atoms with Gasteiger partial charge in [-0.2, -0.15) is 0 Å². The van der Waals surface area contributed by atoms with Gasteiger partial charge in [0.2, 0.25) is 0 Å². The smallest absolute Gasteiger partial charge is 0.261 e. The summed E-state index contributed by atoms with van der Waals surface area (Å²) >= 11 is 0. The van der Waals surface area contributed by atoms with Crippen molar-refractivity contribution in [3.63, 3.8) is 0 Å². The normalized spacial score (nSPS) is 12.8. The zero-order valence-electron chi connectivity index (χ0n) is 9.47. The van der Waals surface area contributed by atoms with Crippen LogP contribution in [0.25, 0.3) is 0 Å². The van der Waals surface area contributed by atoms with E-state index in [0.717, 1.165) is 0 Å². The molecule has 0 aliphatic rings. The van der Waals surface area contributed by atoms with Crippen LogP contribution in [0, 0.1) is 0 Å². The van der Waals surface area contributed by atoms with Crippen LogP contribution in [-0.2, 0) is 4.74 Å². The maximum Gasteiger partial charge on any atom is 0.261 e. The molecule has 1 rings (SSSR count). The second-order valence-electron chi connectivity index (χ2n) is 3.36. The molecule has 0 radical (unpaired) electrons. The number of methoxy groups -OCH3 is 1. The van der Waals surface area contributed by atoms with Crippen LogP contribution in [0.15, 0.2) is 18.3 Å². The summed E-state index contributed by atoms with van der Waals surface area (Å²) in [5, 5.41) is 9.79. The number of halogens is 2. The summed E-state index contributed by atoms with van der Waals surface area (Å²) in [5.74, 6) is 0.467. The fourth-order valence-corrected chi connectivity index (χ4v) is 1.33. The summed E-state index contributed by atoms with van der Waals surface area (Å²) in [6.45, 7) is -0.572. The predicted octanol–water partition coefficient (Wildman–Crippen LogP) is 1.80. The highest BCUT2D eigenvalue weighted by molar-refractivity contribution is 5.28. The zero-order valence-corrected chi connectivity index (χ0v) is 9.47. The van der Waals surface area contributed by atoms with E-state index in [2.05, 4.69) is 9.72 Å². The summed E-state index contributed by atoms with van der Waals surface area (Å²) in [5.41, 5.74) is 0.385. The van der Waals surface area contributed by atoms with Crippen LogP contribution in [0.3, 0.4) is 0 Å². The first-order valence-corrected chi connectivity index (χ1v) is 5.18. The Morgan fingerprint density at radius 2 is 2.24 bits per heavy atom. The number of nitrogens with zero attached hydrogens (tertiary/aromatic N) is 1. The SMILES string of the molecule is COc1cccnc1C(O)CCOCC(F)F. The fraction of sp³-hybridized carbons (Fsp3) is 0.545. The standard InChI is InChI=1S/C11H15F2NO3/c1-16-9-3-2-5-14-11(9)8(15)4-6-17-7-10(12)13/h2-3,5,8,10,15H,4,6-7H2,1H3. The Balaban J connectivity index is 2.43. The average molecular weight is 247 g/mol. The minimum atomic E-state index is -2.49. The molecule has 1 aromatic heterocycles. The Labute approximate surface area is 98.2 Å². The zero-order chi connectivity index (χ0) is 12.7. The molecule has 1 heterocycles. The van der Waals surface area contributed by atoms with E-state index in [-0.39, 0.29) is 13.0 Å². The third-order valence-corrected chi connectivity index (χ3v) is 2.11. The van der Waals surface area contributed by atoms with Crippen LogP contribution in [-0.4, -0.2) is 36.8 Å². The molecule has 0 spiro atoms. The molecule has 0 saturated carbocycles. The molecular formula is C11H15F2NO3. The van der Waals surface area contributed by atoms with Crippen molar-refractivity contribution in [1.82, 2.24) is 4.98 Å². The van der Waals surface area contributed by atoms with Gasteiger partial charge in [-0.05, 0) is 12.1 Å². The van der Waals surface area contributed by atoms with E-state index in [0.29, 0.717) is 11.4 Å². The molecular weight excluding hydrogens is 232 g/mol. The van der Waals surface area contributed by atoms with Gasteiger partial charge in [0.05, 0.1) is 7.11 Å². The van der Waals surface area contributed by atoms with E-state index in [4.69, 9.17) is 4.74 Å². The summed E-state index contributed by atoms with van der Waals surface area (Å²) < 4.78 is 33.3. The fourth-order valence-electron chi connectivity index (χ4n) is 1.33. The predicted molar refractivity (Wildman–Crippen MR) is 57.2 cm³/mol. The Kier molecular flexibility index (Phi) is 5.79. The minimum absolute atomic E-state index is 0.0469. The number of alkyl halides is 2. The molecule has 1 atom stereocenters. The van der Waals surface area contributed by atoms with Crippen LogP contribution in [0.5, 0.6) is 5.75 Å². The molecule has 0 amide bonds. The van der Waals surface area contributed by atoms with E-state index in [1.807, 2.05) is 0 Å². The molecule has 96 valence electrons. The minimum Gasteiger partial charge on any atom is -0.495 e. The molecule has 0 bridgehead atoms. The lowest BCUT2D eigenvalue weighted by Gasteiger charge is -2.13. The lowest BCUT2D eigenvalue weighted by atomic mass is 10.1. The second kappa shape index (κ2) is 7.13. The first kappa shape index (κ1) is 13.8. The molecule has 1 aromatic rings. The van der Waals surface area contributed by atoms with Gasteiger partial charge in [0.25, 0.3) is 6.43 Å². The quantitative estimate of drug-likeness (QED) is 0.746. The summed E-state index contributed by atoms with van der Waals surface area (Å²) in [6.07, 6.45) is -1.65. The number of aliphatic hydroxyl groups is 1. The molecule has 0 aliphatic heterocycles. The van der Waals surface area contributed by atoms with Gasteiger partial charge in [0.15, 0.2) is 0 Å². The highest BCUT2D eigenvalue weighted by Crippen LogP contribution is 2.24. The Morgan fingerprint density at radius 3 is 2.88 bits per heavy atom. The maximum atomic E-state index is 11.8. The number of hydrogen-bond donors (Lipinski definition) is 1. The van der Waals surface area contributed by atoms with Crippen LogP contribution in [0.4, 0.5) is 8.78 Å². The molecule has 0 fully saturated rings. The van der Waals surface area contributed by atoms with Gasteiger partial charge >= 0.3 is 0 Å². The number of rotatable bonds is 7. The van der Waals surface area contributed by atoms with Gasteiger partial charge in [-0.25, -0.2) is 8.78 Å². The van der Waals surface area contributed by atoms with Gasteiger partial charge in [0.1, 0.15) is 24.2 Å². The van der Waals surface area contributed by atoms with Crippen LogP contribution >= 0.6 is 0 Å². The number of aliphatic hydroxyl groups excluding tert-OH is 1. The Hall–Kier alpha value is -1.27. The third kappa shape index (κ3) is 4.62. The lowest BCUT2D eigenvalue weighted by molar-refractivity contribution is 0.00416. The Bertz CT molecular complexity index is 336. The number of ether oxygens (including phenoxy) is 2.